The van der Waals surface area contributed by atoms with Crippen molar-refractivity contribution in [1.82, 2.24) is 15.0 Å². The maximum atomic E-state index is 12.9. The van der Waals surface area contributed by atoms with Gasteiger partial charge in [-0.05, 0) is 43.4 Å². The van der Waals surface area contributed by atoms with E-state index in [0.717, 1.165) is 11.1 Å². The van der Waals surface area contributed by atoms with Crippen LogP contribution in [-0.2, 0) is 11.3 Å². The summed E-state index contributed by atoms with van der Waals surface area (Å²) in [6.45, 7) is 4.80. The molecule has 2 aliphatic heterocycles. The van der Waals surface area contributed by atoms with Crippen LogP contribution in [0.2, 0.25) is 5.02 Å². The highest BCUT2D eigenvalue weighted by Gasteiger charge is 2.39. The van der Waals surface area contributed by atoms with Crippen molar-refractivity contribution in [3.8, 4) is 11.3 Å². The van der Waals surface area contributed by atoms with Gasteiger partial charge in [0.2, 0.25) is 0 Å². The monoisotopic (exact) mass is 415 g/mol. The molecule has 1 aromatic carbocycles. The predicted octanol–water partition coefficient (Wildman–Crippen LogP) is 3.22. The van der Waals surface area contributed by atoms with Gasteiger partial charge in [-0.1, -0.05) is 16.8 Å². The predicted molar refractivity (Wildman–Crippen MR) is 106 cm³/mol. The highest BCUT2D eigenvalue weighted by atomic mass is 35.5. The molecule has 1 saturated carbocycles. The van der Waals surface area contributed by atoms with Crippen molar-refractivity contribution in [1.29, 1.82) is 0 Å². The Kier molecular flexibility index (Phi) is 4.59. The summed E-state index contributed by atoms with van der Waals surface area (Å²) in [4.78, 5) is 29.1. The second kappa shape index (κ2) is 7.15. The third-order valence-electron chi connectivity index (χ3n) is 6.10. The molecule has 0 bridgehead atoms. The second-order valence-electron chi connectivity index (χ2n) is 7.98. The van der Waals surface area contributed by atoms with E-state index in [1.54, 1.807) is 17.0 Å². The molecule has 1 aliphatic carbocycles. The summed E-state index contributed by atoms with van der Waals surface area (Å²) in [5.41, 5.74) is 2.45. The van der Waals surface area contributed by atoms with Crippen molar-refractivity contribution in [2.45, 2.75) is 32.4 Å². The molecule has 2 amide bonds. The minimum absolute atomic E-state index is 0.00305. The molecule has 0 radical (unpaired) electrons. The van der Waals surface area contributed by atoms with Gasteiger partial charge in [0.25, 0.3) is 11.8 Å². The fourth-order valence-corrected chi connectivity index (χ4v) is 4.49. The van der Waals surface area contributed by atoms with Crippen LogP contribution in [0.3, 0.4) is 0 Å². The number of halogens is 1. The van der Waals surface area contributed by atoms with Crippen LogP contribution in [0.1, 0.15) is 46.2 Å². The molecule has 8 heteroatoms. The quantitative estimate of drug-likeness (QED) is 0.766. The summed E-state index contributed by atoms with van der Waals surface area (Å²) in [5.74, 6) is 0.883. The van der Waals surface area contributed by atoms with Crippen LogP contribution in [0.25, 0.3) is 11.3 Å². The highest BCUT2D eigenvalue weighted by molar-refractivity contribution is 6.34. The van der Waals surface area contributed by atoms with Crippen LogP contribution in [0.5, 0.6) is 0 Å². The summed E-state index contributed by atoms with van der Waals surface area (Å²) in [5, 5.41) is 4.36. The average Bonchev–Trinajstić information content (AvgIpc) is 3.37. The molecule has 1 aromatic heterocycles. The number of carbonyl (C=O) groups is 2. The van der Waals surface area contributed by atoms with E-state index in [2.05, 4.69) is 12.1 Å². The largest absolute Gasteiger partial charge is 0.378 e. The zero-order chi connectivity index (χ0) is 20.1. The third kappa shape index (κ3) is 3.32. The number of benzene rings is 1. The van der Waals surface area contributed by atoms with Gasteiger partial charge in [-0.2, -0.15) is 0 Å². The second-order valence-corrected chi connectivity index (χ2v) is 8.39. The van der Waals surface area contributed by atoms with E-state index in [1.807, 2.05) is 11.0 Å². The van der Waals surface area contributed by atoms with E-state index >= 15 is 0 Å². The molecule has 29 heavy (non-hydrogen) atoms. The summed E-state index contributed by atoms with van der Waals surface area (Å²) < 4.78 is 10.7. The van der Waals surface area contributed by atoms with Crippen LogP contribution < -0.4 is 0 Å². The lowest BCUT2D eigenvalue weighted by Crippen LogP contribution is -2.40. The Morgan fingerprint density at radius 2 is 2.00 bits per heavy atom. The van der Waals surface area contributed by atoms with E-state index in [1.165, 1.54) is 12.8 Å². The van der Waals surface area contributed by atoms with Crippen molar-refractivity contribution in [2.24, 2.45) is 5.92 Å². The number of carbonyl (C=O) groups excluding carboxylic acids is 2. The van der Waals surface area contributed by atoms with E-state index in [4.69, 9.17) is 20.9 Å². The lowest BCUT2D eigenvalue weighted by atomic mass is 10.0. The van der Waals surface area contributed by atoms with Gasteiger partial charge in [-0.15, -0.1) is 0 Å². The number of hydrogen-bond donors (Lipinski definition) is 0. The minimum Gasteiger partial charge on any atom is -0.378 e. The number of ether oxygens (including phenoxy) is 1. The van der Waals surface area contributed by atoms with E-state index < -0.39 is 0 Å². The molecule has 3 aliphatic rings. The van der Waals surface area contributed by atoms with Gasteiger partial charge in [0.15, 0.2) is 11.5 Å². The van der Waals surface area contributed by atoms with Crippen LogP contribution in [0.4, 0.5) is 0 Å². The molecular formula is C21H22ClN3O4. The SMILES string of the molecule is CC(C1CC1)N1Cc2cc(-c3cc(C(=O)N4CCOCC4)no3)cc(Cl)c2C1=O. The number of amides is 2. The summed E-state index contributed by atoms with van der Waals surface area (Å²) >= 11 is 6.48. The molecule has 5 rings (SSSR count). The van der Waals surface area contributed by atoms with Crippen molar-refractivity contribution < 1.29 is 18.8 Å². The summed E-state index contributed by atoms with van der Waals surface area (Å²) in [6, 6.07) is 5.49. The minimum atomic E-state index is -0.171. The first-order valence-corrected chi connectivity index (χ1v) is 10.4. The van der Waals surface area contributed by atoms with Crippen molar-refractivity contribution in [3.05, 3.63) is 40.0 Å². The lowest BCUT2D eigenvalue weighted by molar-refractivity contribution is 0.0296. The smallest absolute Gasteiger partial charge is 0.276 e. The Labute approximate surface area is 173 Å². The molecule has 3 heterocycles. The summed E-state index contributed by atoms with van der Waals surface area (Å²) in [7, 11) is 0. The van der Waals surface area contributed by atoms with Gasteiger partial charge in [0.1, 0.15) is 0 Å². The fraction of sp³-hybridized carbons (Fsp3) is 0.476. The number of nitrogens with zero attached hydrogens (tertiary/aromatic N) is 3. The van der Waals surface area contributed by atoms with Gasteiger partial charge in [-0.3, -0.25) is 9.59 Å². The Morgan fingerprint density at radius 3 is 2.72 bits per heavy atom. The van der Waals surface area contributed by atoms with Crippen molar-refractivity contribution >= 4 is 23.4 Å². The average molecular weight is 416 g/mol. The Bertz CT molecular complexity index is 978. The molecule has 0 spiro atoms. The molecule has 7 nitrogen and oxygen atoms in total. The Balaban J connectivity index is 1.40. The fourth-order valence-electron chi connectivity index (χ4n) is 4.17. The van der Waals surface area contributed by atoms with Crippen LogP contribution in [0.15, 0.2) is 22.7 Å². The highest BCUT2D eigenvalue weighted by Crippen LogP contribution is 2.40. The van der Waals surface area contributed by atoms with Crippen LogP contribution in [-0.4, -0.2) is 59.1 Å². The van der Waals surface area contributed by atoms with E-state index in [0.29, 0.717) is 55.1 Å². The molecule has 1 saturated heterocycles. The maximum absolute atomic E-state index is 12.9. The molecule has 0 N–H and O–H groups in total. The topological polar surface area (TPSA) is 75.9 Å². The molecule has 1 unspecified atom stereocenters. The third-order valence-corrected chi connectivity index (χ3v) is 6.39. The first-order valence-electron chi connectivity index (χ1n) is 10.0. The normalized spacial score (nSPS) is 20.1. The number of aromatic nitrogens is 1. The molecule has 2 fully saturated rings. The number of morpholine rings is 1. The van der Waals surface area contributed by atoms with E-state index in [-0.39, 0.29) is 23.6 Å². The van der Waals surface area contributed by atoms with Crippen molar-refractivity contribution in [2.75, 3.05) is 26.3 Å². The molecule has 152 valence electrons. The number of rotatable bonds is 4. The summed E-state index contributed by atoms with van der Waals surface area (Å²) in [6.07, 6.45) is 2.36. The van der Waals surface area contributed by atoms with Crippen LogP contribution >= 0.6 is 11.6 Å². The Hall–Kier alpha value is -2.38. The maximum Gasteiger partial charge on any atom is 0.276 e. The van der Waals surface area contributed by atoms with Crippen molar-refractivity contribution in [3.63, 3.8) is 0 Å². The van der Waals surface area contributed by atoms with Gasteiger partial charge in [0.05, 0.1) is 23.8 Å². The first kappa shape index (κ1) is 18.6. The van der Waals surface area contributed by atoms with Gasteiger partial charge >= 0.3 is 0 Å². The molecule has 2 aromatic rings. The zero-order valence-corrected chi connectivity index (χ0v) is 16.9. The number of fused-ring (bicyclic) bond motifs is 1. The van der Waals surface area contributed by atoms with E-state index in [9.17, 15) is 9.59 Å². The van der Waals surface area contributed by atoms with Crippen LogP contribution in [0, 0.1) is 5.92 Å². The lowest BCUT2D eigenvalue weighted by Gasteiger charge is -2.25. The number of hydrogen-bond acceptors (Lipinski definition) is 5. The first-order chi connectivity index (χ1) is 14.0. The van der Waals surface area contributed by atoms with Gasteiger partial charge < -0.3 is 19.1 Å². The standard InChI is InChI=1S/C21H22ClN3O4/c1-12(13-2-3-13)25-11-15-8-14(9-16(22)19(15)21(25)27)18-10-17(23-29-18)20(26)24-4-6-28-7-5-24/h8-10,12-13H,2-7,11H2,1H3. The molecular weight excluding hydrogens is 394 g/mol. The Morgan fingerprint density at radius 1 is 1.24 bits per heavy atom. The van der Waals surface area contributed by atoms with Gasteiger partial charge in [0, 0.05) is 37.3 Å². The van der Waals surface area contributed by atoms with Gasteiger partial charge in [-0.25, -0.2) is 0 Å². The zero-order valence-electron chi connectivity index (χ0n) is 16.2. The molecule has 1 atom stereocenters.